The van der Waals surface area contributed by atoms with Gasteiger partial charge in [-0.3, -0.25) is 4.79 Å². The molecule has 17 N–H and O–H groups in total. The van der Waals surface area contributed by atoms with Crippen molar-refractivity contribution in [2.45, 2.75) is 291 Å². The standard InChI is InChI=1S/C63H102O30/c1-24-36(69)49(91-53-45(78)48(28(67)22-83-53)90-54-44(77)41(74)38(71)29(19-64)86-54)46(79)55(85-24)93-57(81)63-16-15-58(2,3)17-26(63)25-9-10-33-60(6)13-12-35(59(4,5)32(60)11-14-61(33,7)62(25,8)18-34(63)68)89-56-47(80)50(40(73)30(20-65)87-56)92-52-43(76)39(72)31(23-84-52)88-51-42(75)37(70)27(66)21-82-51/h9,24,26-56,64-80H,10-23H2,1-8H3/t24-,26-,27-,28-,29-,30-,31-,32-,33-,34-,35-,36-,37+,38-,39+,40-,41+,42-,43-,44-,45-,46-,47-,48+,49+,50+,51+,52+,53+,54+,55+,56+,60+,61-,62+,63-/m0/s1. The fraction of sp³-hybridized carbons (Fsp3) is 0.952. The van der Waals surface area contributed by atoms with E-state index in [0.717, 1.165) is 18.4 Å². The number of carbonyl (C=O) groups is 1. The van der Waals surface area contributed by atoms with Gasteiger partial charge in [-0.2, -0.15) is 0 Å². The Morgan fingerprint density at radius 1 is 0.505 bits per heavy atom. The van der Waals surface area contributed by atoms with Crippen LogP contribution in [0.15, 0.2) is 11.6 Å². The van der Waals surface area contributed by atoms with Crippen LogP contribution in [0, 0.1) is 50.2 Å². The normalized spacial score (nSPS) is 54.7. The summed E-state index contributed by atoms with van der Waals surface area (Å²) in [4.78, 5) is 15.4. The average molecular weight is 1340 g/mol. The fourth-order valence-corrected chi connectivity index (χ4v) is 18.7. The third kappa shape index (κ3) is 12.3. The molecular formula is C63H102O30. The van der Waals surface area contributed by atoms with Crippen LogP contribution in [0.5, 0.6) is 0 Å². The zero-order chi connectivity index (χ0) is 67.7. The lowest BCUT2D eigenvalue weighted by atomic mass is 9.33. The third-order valence-electron chi connectivity index (χ3n) is 24.5. The first-order valence-corrected chi connectivity index (χ1v) is 33.0. The molecule has 0 aromatic rings. The number of hydrogen-bond acceptors (Lipinski definition) is 30. The molecule has 6 aliphatic heterocycles. The van der Waals surface area contributed by atoms with Gasteiger partial charge < -0.3 is 144 Å². The molecule has 11 rings (SSSR count). The maximum atomic E-state index is 15.4. The van der Waals surface area contributed by atoms with Crippen molar-refractivity contribution < 1.29 is 148 Å². The molecule has 0 bridgehead atoms. The molecule has 10 fully saturated rings. The van der Waals surface area contributed by atoms with Gasteiger partial charge >= 0.3 is 5.97 Å². The molecule has 6 heterocycles. The number of aliphatic hydroxyl groups excluding tert-OH is 17. The SMILES string of the molecule is C[C@@H]1O[C@H](OC(=O)[C@@]23CCC(C)(C)C[C@H]2C2=CC[C@H]4[C@]5(C)CC[C@H](O[C@H]6O[C@@H](CO)[C@H](O)[C@@H](O[C@H]7OC[C@H](O[C@H]8OC[C@H](O)[C@@H](O)[C@@H]8O)[C@@H](O)[C@@H]7O)[C@@H]6O)C(C)(C)[C@@H]5CC[C@]4(C)[C@]2(C)C[C@@H]3O)[C@@H](O)[C@H](O[C@H]2OC[C@H](O)[C@@H](O[C@H]3O[C@@H](CO)[C@H](O)[C@@H](O)[C@@H]3O)[C@@H]2O)[C@H]1O. The van der Waals surface area contributed by atoms with E-state index in [1.165, 1.54) is 6.92 Å². The van der Waals surface area contributed by atoms with Gasteiger partial charge in [0.1, 0.15) is 127 Å². The number of ether oxygens (including phenoxy) is 12. The predicted molar refractivity (Wildman–Crippen MR) is 310 cm³/mol. The molecule has 6 saturated heterocycles. The smallest absolute Gasteiger partial charge is 0.317 e. The summed E-state index contributed by atoms with van der Waals surface area (Å²) in [6.45, 7) is 14.0. The monoisotopic (exact) mass is 1340 g/mol. The van der Waals surface area contributed by atoms with E-state index >= 15 is 4.79 Å². The quantitative estimate of drug-likeness (QED) is 0.0443. The van der Waals surface area contributed by atoms with Crippen LogP contribution in [0.2, 0.25) is 0 Å². The highest BCUT2D eigenvalue weighted by atomic mass is 16.8. The van der Waals surface area contributed by atoms with Crippen LogP contribution >= 0.6 is 0 Å². The lowest BCUT2D eigenvalue weighted by Gasteiger charge is -2.71. The van der Waals surface area contributed by atoms with Crippen molar-refractivity contribution in [2.24, 2.45) is 50.2 Å². The van der Waals surface area contributed by atoms with E-state index < -0.39 is 238 Å². The van der Waals surface area contributed by atoms with Gasteiger partial charge in [-0.15, -0.1) is 0 Å². The minimum Gasteiger partial charge on any atom is -0.432 e. The van der Waals surface area contributed by atoms with Crippen molar-refractivity contribution in [3.8, 4) is 0 Å². The molecule has 0 radical (unpaired) electrons. The number of allylic oxidation sites excluding steroid dienone is 2. The second kappa shape index (κ2) is 26.9. The second-order valence-electron chi connectivity index (χ2n) is 30.6. The molecular weight excluding hydrogens is 1240 g/mol. The first kappa shape index (κ1) is 72.3. The molecule has 36 atom stereocenters. The van der Waals surface area contributed by atoms with E-state index in [1.807, 2.05) is 0 Å². The molecule has 30 nitrogen and oxygen atoms in total. The molecule has 93 heavy (non-hydrogen) atoms. The van der Waals surface area contributed by atoms with E-state index in [1.54, 1.807) is 0 Å². The lowest BCUT2D eigenvalue weighted by Crippen LogP contribution is -2.68. The maximum Gasteiger partial charge on any atom is 0.317 e. The van der Waals surface area contributed by atoms with Gasteiger partial charge in [-0.05, 0) is 110 Å². The van der Waals surface area contributed by atoms with E-state index in [0.29, 0.717) is 32.1 Å². The van der Waals surface area contributed by atoms with Crippen LogP contribution in [0.4, 0.5) is 0 Å². The van der Waals surface area contributed by atoms with Gasteiger partial charge in [0.05, 0.1) is 51.3 Å². The van der Waals surface area contributed by atoms with Crippen LogP contribution in [0.1, 0.15) is 113 Å². The van der Waals surface area contributed by atoms with Crippen molar-refractivity contribution in [3.63, 3.8) is 0 Å². The Bertz CT molecular complexity index is 2620. The number of aliphatic hydroxyl groups is 17. The molecule has 30 heteroatoms. The van der Waals surface area contributed by atoms with Crippen LogP contribution in [-0.2, 0) is 61.6 Å². The van der Waals surface area contributed by atoms with Crippen LogP contribution < -0.4 is 0 Å². The van der Waals surface area contributed by atoms with Gasteiger partial charge in [0.15, 0.2) is 31.5 Å². The third-order valence-corrected chi connectivity index (χ3v) is 24.5. The molecule has 534 valence electrons. The molecule has 0 unspecified atom stereocenters. The van der Waals surface area contributed by atoms with Crippen molar-refractivity contribution in [1.29, 1.82) is 0 Å². The fourth-order valence-electron chi connectivity index (χ4n) is 18.7. The lowest BCUT2D eigenvalue weighted by molar-refractivity contribution is -0.369. The van der Waals surface area contributed by atoms with E-state index in [-0.39, 0.29) is 42.1 Å². The van der Waals surface area contributed by atoms with Crippen molar-refractivity contribution in [1.82, 2.24) is 0 Å². The molecule has 5 aliphatic carbocycles. The summed E-state index contributed by atoms with van der Waals surface area (Å²) in [5.41, 5.74) is -2.71. The van der Waals surface area contributed by atoms with Gasteiger partial charge in [0.2, 0.25) is 6.29 Å². The van der Waals surface area contributed by atoms with Gasteiger partial charge in [0, 0.05) is 0 Å². The molecule has 0 aromatic carbocycles. The summed E-state index contributed by atoms with van der Waals surface area (Å²) >= 11 is 0. The zero-order valence-corrected chi connectivity index (χ0v) is 53.9. The van der Waals surface area contributed by atoms with Crippen LogP contribution in [0.25, 0.3) is 0 Å². The predicted octanol–water partition coefficient (Wildman–Crippen LogP) is -4.47. The minimum absolute atomic E-state index is 0.0286. The van der Waals surface area contributed by atoms with E-state index in [9.17, 15) is 86.8 Å². The van der Waals surface area contributed by atoms with Crippen molar-refractivity contribution >= 4 is 5.97 Å². The average Bonchev–Trinajstić information content (AvgIpc) is 0.672. The summed E-state index contributed by atoms with van der Waals surface area (Å²) < 4.78 is 70.5. The Labute approximate surface area is 539 Å². The first-order chi connectivity index (χ1) is 43.6. The van der Waals surface area contributed by atoms with Gasteiger partial charge in [-0.1, -0.05) is 60.1 Å². The van der Waals surface area contributed by atoms with Crippen LogP contribution in [0.3, 0.4) is 0 Å². The Balaban J connectivity index is 0.771. The summed E-state index contributed by atoms with van der Waals surface area (Å²) in [5, 5.41) is 186. The second-order valence-corrected chi connectivity index (χ2v) is 30.6. The largest absolute Gasteiger partial charge is 0.432 e. The minimum atomic E-state index is -1.92. The molecule has 0 spiro atoms. The van der Waals surface area contributed by atoms with Gasteiger partial charge in [-0.25, -0.2) is 0 Å². The highest BCUT2D eigenvalue weighted by molar-refractivity contribution is 5.80. The zero-order valence-electron chi connectivity index (χ0n) is 53.9. The van der Waals surface area contributed by atoms with E-state index in [2.05, 4.69) is 54.5 Å². The number of rotatable bonds is 14. The summed E-state index contributed by atoms with van der Waals surface area (Å²) in [5.74, 6) is -1.24. The Morgan fingerprint density at radius 2 is 1.05 bits per heavy atom. The maximum absolute atomic E-state index is 15.4. The number of carbonyl (C=O) groups excluding carboxylic acids is 1. The topological polar surface area (TPSA) is 472 Å². The molecule has 0 amide bonds. The summed E-state index contributed by atoms with van der Waals surface area (Å²) in [6.07, 6.45) is -38.7. The highest BCUT2D eigenvalue weighted by Crippen LogP contribution is 2.76. The van der Waals surface area contributed by atoms with Crippen molar-refractivity contribution in [2.75, 3.05) is 33.0 Å². The Hall–Kier alpha value is -1.91. The highest BCUT2D eigenvalue weighted by Gasteiger charge is 2.72. The molecule has 11 aliphatic rings. The summed E-state index contributed by atoms with van der Waals surface area (Å²) in [7, 11) is 0. The Morgan fingerprint density at radius 3 is 1.72 bits per heavy atom. The van der Waals surface area contributed by atoms with Crippen molar-refractivity contribution in [3.05, 3.63) is 11.6 Å². The number of esters is 1. The molecule has 0 aromatic heterocycles. The Kier molecular flexibility index (Phi) is 20.9. The van der Waals surface area contributed by atoms with Crippen LogP contribution in [-0.4, -0.2) is 304 Å². The van der Waals surface area contributed by atoms with Gasteiger partial charge in [0.25, 0.3) is 0 Å². The number of hydrogen-bond donors (Lipinski definition) is 17. The first-order valence-electron chi connectivity index (χ1n) is 33.0. The molecule has 4 saturated carbocycles. The van der Waals surface area contributed by atoms with E-state index in [4.69, 9.17) is 56.8 Å². The number of fused-ring (bicyclic) bond motifs is 7. The summed E-state index contributed by atoms with van der Waals surface area (Å²) in [6, 6.07) is 0.